The van der Waals surface area contributed by atoms with Crippen LogP contribution in [-0.4, -0.2) is 31.0 Å². The zero-order valence-electron chi connectivity index (χ0n) is 15.1. The van der Waals surface area contributed by atoms with Gasteiger partial charge in [0, 0.05) is 5.56 Å². The average molecular weight is 396 g/mol. The third kappa shape index (κ3) is 4.61. The van der Waals surface area contributed by atoms with E-state index in [0.29, 0.717) is 18.3 Å². The maximum atomic E-state index is 12.4. The Labute approximate surface area is 159 Å². The highest BCUT2D eigenvalue weighted by molar-refractivity contribution is 7.13. The zero-order valence-corrected chi connectivity index (χ0v) is 15.9. The van der Waals surface area contributed by atoms with E-state index in [1.54, 1.807) is 12.1 Å². The van der Waals surface area contributed by atoms with Gasteiger partial charge in [-0.05, 0) is 36.6 Å². The SMILES string of the molecule is COc1cc(C[NH+](C)[C@@H](C)c2nnc(-c3cccs3)o2)ccc1OC(F)F. The lowest BCUT2D eigenvalue weighted by molar-refractivity contribution is -0.925. The van der Waals surface area contributed by atoms with Crippen molar-refractivity contribution in [1.82, 2.24) is 10.2 Å². The van der Waals surface area contributed by atoms with Gasteiger partial charge in [-0.25, -0.2) is 0 Å². The fraction of sp³-hybridized carbons (Fsp3) is 0.333. The summed E-state index contributed by atoms with van der Waals surface area (Å²) in [6, 6.07) is 8.73. The number of quaternary nitrogens is 1. The van der Waals surface area contributed by atoms with Crippen molar-refractivity contribution in [3.05, 3.63) is 47.2 Å². The van der Waals surface area contributed by atoms with Crippen LogP contribution in [0.4, 0.5) is 8.78 Å². The highest BCUT2D eigenvalue weighted by atomic mass is 32.1. The molecule has 0 aliphatic rings. The number of halogens is 2. The van der Waals surface area contributed by atoms with Gasteiger partial charge in [-0.1, -0.05) is 6.07 Å². The molecule has 3 aromatic rings. The molecule has 3 rings (SSSR count). The summed E-state index contributed by atoms with van der Waals surface area (Å²) in [7, 11) is 3.41. The van der Waals surface area contributed by atoms with E-state index in [2.05, 4.69) is 14.9 Å². The predicted octanol–water partition coefficient (Wildman–Crippen LogP) is 3.18. The van der Waals surface area contributed by atoms with Gasteiger partial charge in [0.15, 0.2) is 17.5 Å². The van der Waals surface area contributed by atoms with E-state index in [1.807, 2.05) is 31.5 Å². The van der Waals surface area contributed by atoms with Gasteiger partial charge in [0.1, 0.15) is 6.54 Å². The van der Waals surface area contributed by atoms with Crippen molar-refractivity contribution in [1.29, 1.82) is 0 Å². The van der Waals surface area contributed by atoms with Crippen LogP contribution in [0.1, 0.15) is 24.4 Å². The smallest absolute Gasteiger partial charge is 0.387 e. The second kappa shape index (κ2) is 8.45. The van der Waals surface area contributed by atoms with Crippen molar-refractivity contribution in [2.75, 3.05) is 14.2 Å². The van der Waals surface area contributed by atoms with Gasteiger partial charge >= 0.3 is 6.61 Å². The number of thiophene rings is 1. The summed E-state index contributed by atoms with van der Waals surface area (Å²) in [5.41, 5.74) is 0.913. The van der Waals surface area contributed by atoms with Crippen LogP contribution in [0.3, 0.4) is 0 Å². The van der Waals surface area contributed by atoms with Crippen molar-refractivity contribution in [3.63, 3.8) is 0 Å². The minimum absolute atomic E-state index is 0.0134. The molecule has 1 N–H and O–H groups in total. The molecule has 144 valence electrons. The van der Waals surface area contributed by atoms with Crippen LogP contribution < -0.4 is 14.4 Å². The summed E-state index contributed by atoms with van der Waals surface area (Å²) in [4.78, 5) is 2.03. The van der Waals surface area contributed by atoms with Gasteiger partial charge in [-0.3, -0.25) is 0 Å². The number of benzene rings is 1. The van der Waals surface area contributed by atoms with Crippen molar-refractivity contribution in [2.45, 2.75) is 26.1 Å². The fourth-order valence-electron chi connectivity index (χ4n) is 2.61. The molecule has 9 heteroatoms. The van der Waals surface area contributed by atoms with Crippen LogP contribution >= 0.6 is 11.3 Å². The van der Waals surface area contributed by atoms with Gasteiger partial charge < -0.3 is 18.8 Å². The number of aromatic nitrogens is 2. The molecule has 0 saturated heterocycles. The lowest BCUT2D eigenvalue weighted by Crippen LogP contribution is -3.07. The molecule has 0 amide bonds. The van der Waals surface area contributed by atoms with Gasteiger partial charge in [-0.2, -0.15) is 8.78 Å². The van der Waals surface area contributed by atoms with Crippen LogP contribution in [0, 0.1) is 0 Å². The number of nitrogens with zero attached hydrogens (tertiary/aromatic N) is 2. The molecule has 2 heterocycles. The molecule has 0 bridgehead atoms. The molecule has 0 saturated carbocycles. The summed E-state index contributed by atoms with van der Waals surface area (Å²) in [6.45, 7) is -0.288. The van der Waals surface area contributed by atoms with Crippen molar-refractivity contribution in [2.24, 2.45) is 0 Å². The Morgan fingerprint density at radius 1 is 1.22 bits per heavy atom. The third-order valence-electron chi connectivity index (χ3n) is 4.21. The fourth-order valence-corrected chi connectivity index (χ4v) is 3.25. The van der Waals surface area contributed by atoms with Crippen LogP contribution in [0.15, 0.2) is 40.1 Å². The quantitative estimate of drug-likeness (QED) is 0.634. The van der Waals surface area contributed by atoms with Crippen LogP contribution in [0.2, 0.25) is 0 Å². The number of ether oxygens (including phenoxy) is 2. The van der Waals surface area contributed by atoms with E-state index in [0.717, 1.165) is 15.3 Å². The van der Waals surface area contributed by atoms with Gasteiger partial charge in [0.05, 0.1) is 19.0 Å². The van der Waals surface area contributed by atoms with Gasteiger partial charge in [-0.15, -0.1) is 21.5 Å². The summed E-state index contributed by atoms with van der Waals surface area (Å²) in [5, 5.41) is 10.2. The zero-order chi connectivity index (χ0) is 19.4. The topological polar surface area (TPSA) is 61.8 Å². The third-order valence-corrected chi connectivity index (χ3v) is 5.07. The Morgan fingerprint density at radius 2 is 2.04 bits per heavy atom. The first-order chi connectivity index (χ1) is 13.0. The van der Waals surface area contributed by atoms with Crippen molar-refractivity contribution < 1.29 is 27.6 Å². The summed E-state index contributed by atoms with van der Waals surface area (Å²) in [5.74, 6) is 1.33. The second-order valence-electron chi connectivity index (χ2n) is 6.03. The lowest BCUT2D eigenvalue weighted by Gasteiger charge is -2.19. The van der Waals surface area contributed by atoms with E-state index in [-0.39, 0.29) is 17.5 Å². The Hall–Kier alpha value is -2.52. The van der Waals surface area contributed by atoms with Crippen LogP contribution in [-0.2, 0) is 6.54 Å². The average Bonchev–Trinajstić information content (AvgIpc) is 3.33. The van der Waals surface area contributed by atoms with E-state index >= 15 is 0 Å². The lowest BCUT2D eigenvalue weighted by atomic mass is 10.1. The summed E-state index contributed by atoms with van der Waals surface area (Å²) < 4.78 is 40.3. The number of hydrogen-bond donors (Lipinski definition) is 1. The van der Waals surface area contributed by atoms with E-state index in [9.17, 15) is 8.78 Å². The largest absolute Gasteiger partial charge is 0.493 e. The van der Waals surface area contributed by atoms with E-state index < -0.39 is 6.61 Å². The standard InChI is InChI=1S/C18H19F2N3O3S/c1-11(16-21-22-17(26-16)15-5-4-8-27-15)23(2)10-12-6-7-13(25-18(19)20)14(9-12)24-3/h4-9,11,18H,10H2,1-3H3/p+1/t11-/m0/s1. The number of nitrogens with one attached hydrogen (secondary N) is 1. The predicted molar refractivity (Wildman–Crippen MR) is 96.2 cm³/mol. The first-order valence-corrected chi connectivity index (χ1v) is 9.17. The molecule has 1 aromatic carbocycles. The molecular formula is C18H20F2N3O3S+. The molecule has 0 aliphatic heterocycles. The minimum atomic E-state index is -2.90. The first kappa shape index (κ1) is 19.2. The summed E-state index contributed by atoms with van der Waals surface area (Å²) in [6.07, 6.45) is 0. The molecule has 2 aromatic heterocycles. The molecule has 0 aliphatic carbocycles. The molecule has 0 spiro atoms. The van der Waals surface area contributed by atoms with E-state index in [4.69, 9.17) is 9.15 Å². The van der Waals surface area contributed by atoms with Crippen molar-refractivity contribution >= 4 is 11.3 Å². The van der Waals surface area contributed by atoms with Crippen LogP contribution in [0.5, 0.6) is 11.5 Å². The monoisotopic (exact) mass is 396 g/mol. The highest BCUT2D eigenvalue weighted by Gasteiger charge is 2.23. The van der Waals surface area contributed by atoms with E-state index in [1.165, 1.54) is 24.5 Å². The molecule has 6 nitrogen and oxygen atoms in total. The molecular weight excluding hydrogens is 376 g/mol. The Bertz CT molecular complexity index is 871. The maximum Gasteiger partial charge on any atom is 0.387 e. The van der Waals surface area contributed by atoms with Crippen molar-refractivity contribution in [3.8, 4) is 22.3 Å². The highest BCUT2D eigenvalue weighted by Crippen LogP contribution is 2.29. The Morgan fingerprint density at radius 3 is 2.70 bits per heavy atom. The first-order valence-electron chi connectivity index (χ1n) is 8.29. The number of rotatable bonds is 8. The van der Waals surface area contributed by atoms with Crippen LogP contribution in [0.25, 0.3) is 10.8 Å². The van der Waals surface area contributed by atoms with Gasteiger partial charge in [0.2, 0.25) is 0 Å². The Balaban J connectivity index is 1.70. The molecule has 1 unspecified atom stereocenters. The molecule has 27 heavy (non-hydrogen) atoms. The molecule has 0 radical (unpaired) electrons. The number of methoxy groups -OCH3 is 1. The van der Waals surface area contributed by atoms with Gasteiger partial charge in [0.25, 0.3) is 11.8 Å². The molecule has 0 fully saturated rings. The summed E-state index contributed by atoms with van der Waals surface area (Å²) >= 11 is 1.54. The normalized spacial score (nSPS) is 13.6. The Kier molecular flexibility index (Phi) is 6.02. The molecule has 2 atom stereocenters. The maximum absolute atomic E-state index is 12.4. The second-order valence-corrected chi connectivity index (χ2v) is 6.98. The minimum Gasteiger partial charge on any atom is -0.493 e. The number of alkyl halides is 2. The number of hydrogen-bond acceptors (Lipinski definition) is 6.